The lowest BCUT2D eigenvalue weighted by molar-refractivity contribution is -0.265. The van der Waals surface area contributed by atoms with E-state index in [0.717, 1.165) is 50.6 Å². The highest BCUT2D eigenvalue weighted by Crippen LogP contribution is 2.40. The molecule has 0 unspecified atom stereocenters. The van der Waals surface area contributed by atoms with Gasteiger partial charge >= 0.3 is 35.8 Å². The van der Waals surface area contributed by atoms with Gasteiger partial charge in [-0.3, -0.25) is 33.6 Å². The van der Waals surface area contributed by atoms with Gasteiger partial charge in [0.1, 0.15) is 36.0 Å². The predicted molar refractivity (Wildman–Crippen MR) is 234 cm³/mol. The number of nitrogens with zero attached hydrogens (tertiary/aromatic N) is 3. The first-order valence-electron chi connectivity index (χ1n) is 20.9. The number of carbonyl (C=O) groups is 8. The van der Waals surface area contributed by atoms with E-state index in [1.165, 1.54) is 13.1 Å². The van der Waals surface area contributed by atoms with E-state index in [2.05, 4.69) is 26.9 Å². The number of terminal acetylenes is 1. The van der Waals surface area contributed by atoms with Crippen LogP contribution < -0.4 is 20.1 Å². The van der Waals surface area contributed by atoms with Gasteiger partial charge in [-0.25, -0.2) is 9.48 Å². The molecule has 358 valence electrons. The molecule has 4 aromatic rings. The molecule has 0 radical (unpaired) electrons. The van der Waals surface area contributed by atoms with Crippen LogP contribution in [0.3, 0.4) is 0 Å². The minimum Gasteiger partial charge on any atom is -0.481 e. The fourth-order valence-corrected chi connectivity index (χ4v) is 7.24. The molecule has 1 aliphatic heterocycles. The summed E-state index contributed by atoms with van der Waals surface area (Å²) in [6, 6.07) is 18.9. The number of amides is 2. The van der Waals surface area contributed by atoms with E-state index < -0.39 is 103 Å². The second kappa shape index (κ2) is 23.4. The van der Waals surface area contributed by atoms with Crippen LogP contribution in [0.5, 0.6) is 11.5 Å². The van der Waals surface area contributed by atoms with Crippen molar-refractivity contribution in [2.24, 2.45) is 0 Å². The maximum absolute atomic E-state index is 14.2. The smallest absolute Gasteiger partial charge is 0.361 e. The molecule has 2 amide bonds. The highest BCUT2D eigenvalue weighted by molar-refractivity contribution is 5.82. The fraction of sp³-hybridized carbons (Fsp3) is 0.362. The Labute approximate surface area is 390 Å². The van der Waals surface area contributed by atoms with E-state index in [-0.39, 0.29) is 18.7 Å². The maximum atomic E-state index is 14.2. The number of nitrogens with one attached hydrogen (secondary N) is 2. The van der Waals surface area contributed by atoms with Gasteiger partial charge in [-0.15, -0.1) is 11.5 Å². The molecular weight excluding hydrogens is 891 g/mol. The van der Waals surface area contributed by atoms with Crippen LogP contribution in [-0.4, -0.2) is 120 Å². The molecule has 6 atom stereocenters. The Kier molecular flexibility index (Phi) is 17.5. The van der Waals surface area contributed by atoms with Gasteiger partial charge in [-0.05, 0) is 41.0 Å². The van der Waals surface area contributed by atoms with Crippen LogP contribution in [0.25, 0.3) is 22.4 Å². The zero-order valence-electron chi connectivity index (χ0n) is 37.9. The minimum absolute atomic E-state index is 0.0267. The second-order valence-corrected chi connectivity index (χ2v) is 15.2. The molecule has 1 fully saturated rings. The molecule has 21 nitrogen and oxygen atoms in total. The van der Waals surface area contributed by atoms with E-state index >= 15 is 0 Å². The number of benzene rings is 3. The average molecular weight is 940 g/mol. The van der Waals surface area contributed by atoms with Gasteiger partial charge in [0.2, 0.25) is 5.91 Å². The lowest BCUT2D eigenvalue weighted by Crippen LogP contribution is -2.69. The molecule has 2 N–H and O–H groups in total. The first-order chi connectivity index (χ1) is 32.4. The number of esters is 6. The summed E-state index contributed by atoms with van der Waals surface area (Å²) in [6.45, 7) is 4.11. The quantitative estimate of drug-likeness (QED) is 0.0591. The molecule has 3 aromatic carbocycles. The molecule has 1 aliphatic rings. The molecule has 0 saturated carbocycles. The number of hydrogen-bond donors (Lipinski definition) is 2. The maximum Gasteiger partial charge on any atom is 0.361 e. The molecule has 2 heterocycles. The monoisotopic (exact) mass is 939 g/mol. The van der Waals surface area contributed by atoms with Gasteiger partial charge < -0.3 is 48.5 Å². The second-order valence-electron chi connectivity index (χ2n) is 15.2. The standard InChI is InChI=1S/C47H49N5O16/c1-8-20-62-37-11-9-10-35(22-37)38-25-52(51-50-38)47(46(60)61-7)23-39(65-29(4)55)43(49-42(59)26-63-27(2)53)45(68-47)44(67-31(6)57)40(66-30(5)56)24-48-41(58)21-32-12-14-33(15-13-32)34-16-18-36(19-17-34)64-28(3)54/h1,9-19,22,25,39-40,43-45H,20-21,23-24,26H2,2-7H3,(H,48,58)(H,49,59)/t39-,40+,43+,44+,45+,47+/m0/s1. The van der Waals surface area contributed by atoms with E-state index in [1.807, 2.05) is 0 Å². The lowest BCUT2D eigenvalue weighted by atomic mass is 9.86. The zero-order valence-corrected chi connectivity index (χ0v) is 37.9. The first kappa shape index (κ1) is 50.9. The number of carbonyl (C=O) groups excluding carboxylic acids is 8. The van der Waals surface area contributed by atoms with Crippen LogP contribution in [0.15, 0.2) is 79.0 Å². The third-order valence-corrected chi connectivity index (χ3v) is 10.0. The van der Waals surface area contributed by atoms with E-state index in [4.69, 9.17) is 44.3 Å². The predicted octanol–water partition coefficient (Wildman–Crippen LogP) is 2.37. The Morgan fingerprint density at radius 2 is 1.50 bits per heavy atom. The Morgan fingerprint density at radius 1 is 0.824 bits per heavy atom. The van der Waals surface area contributed by atoms with Gasteiger partial charge in [-0.1, -0.05) is 59.7 Å². The van der Waals surface area contributed by atoms with Crippen molar-refractivity contribution in [2.75, 3.05) is 26.9 Å². The van der Waals surface area contributed by atoms with Crippen LogP contribution >= 0.6 is 0 Å². The number of hydrogen-bond acceptors (Lipinski definition) is 18. The van der Waals surface area contributed by atoms with E-state index in [9.17, 15) is 38.4 Å². The summed E-state index contributed by atoms with van der Waals surface area (Å²) in [4.78, 5) is 103. The first-order valence-corrected chi connectivity index (χ1v) is 20.9. The summed E-state index contributed by atoms with van der Waals surface area (Å²) < 4.78 is 45.6. The number of rotatable bonds is 19. The number of ether oxygens (including phenoxy) is 8. The third-order valence-electron chi connectivity index (χ3n) is 10.0. The lowest BCUT2D eigenvalue weighted by Gasteiger charge is -2.48. The van der Waals surface area contributed by atoms with Crippen LogP contribution in [0.2, 0.25) is 0 Å². The van der Waals surface area contributed by atoms with Crippen LogP contribution in [0.1, 0.15) is 46.6 Å². The molecular formula is C47H49N5O16. The van der Waals surface area contributed by atoms with Gasteiger partial charge in [0.05, 0.1) is 32.3 Å². The average Bonchev–Trinajstić information content (AvgIpc) is 3.80. The number of aromatic nitrogens is 3. The van der Waals surface area contributed by atoms with Crippen molar-refractivity contribution in [1.82, 2.24) is 25.6 Å². The molecule has 68 heavy (non-hydrogen) atoms. The van der Waals surface area contributed by atoms with Gasteiger partial charge in [0, 0.05) is 46.6 Å². The minimum atomic E-state index is -2.43. The Hall–Kier alpha value is -8.12. The zero-order chi connectivity index (χ0) is 49.5. The van der Waals surface area contributed by atoms with Crippen molar-refractivity contribution < 1.29 is 76.3 Å². The van der Waals surface area contributed by atoms with Crippen molar-refractivity contribution in [3.05, 3.63) is 84.6 Å². The van der Waals surface area contributed by atoms with Crippen molar-refractivity contribution in [3.8, 4) is 46.2 Å². The summed E-state index contributed by atoms with van der Waals surface area (Å²) in [7, 11) is 1.04. The van der Waals surface area contributed by atoms with Crippen molar-refractivity contribution in [1.29, 1.82) is 0 Å². The summed E-state index contributed by atoms with van der Waals surface area (Å²) in [5.74, 6) is -3.52. The van der Waals surface area contributed by atoms with Gasteiger partial charge in [-0.2, -0.15) is 0 Å². The van der Waals surface area contributed by atoms with Crippen LogP contribution in [0, 0.1) is 12.3 Å². The Morgan fingerprint density at radius 3 is 2.10 bits per heavy atom. The van der Waals surface area contributed by atoms with Crippen LogP contribution in [0.4, 0.5) is 0 Å². The van der Waals surface area contributed by atoms with Gasteiger partial charge in [0.25, 0.3) is 11.6 Å². The molecule has 5 rings (SSSR count). The Balaban J connectivity index is 1.52. The van der Waals surface area contributed by atoms with Crippen molar-refractivity contribution >= 4 is 47.6 Å². The summed E-state index contributed by atoms with van der Waals surface area (Å²) in [6.07, 6.45) is -0.956. The van der Waals surface area contributed by atoms with Crippen molar-refractivity contribution in [3.63, 3.8) is 0 Å². The van der Waals surface area contributed by atoms with Gasteiger partial charge in [0.15, 0.2) is 18.8 Å². The third kappa shape index (κ3) is 13.7. The van der Waals surface area contributed by atoms with E-state index in [0.29, 0.717) is 22.6 Å². The molecule has 0 aliphatic carbocycles. The molecule has 0 spiro atoms. The molecule has 0 bridgehead atoms. The normalized spacial score (nSPS) is 18.2. The highest BCUT2D eigenvalue weighted by Gasteiger charge is 2.60. The molecule has 1 saturated heterocycles. The Bertz CT molecular complexity index is 2540. The molecule has 1 aromatic heterocycles. The fourth-order valence-electron chi connectivity index (χ4n) is 7.24. The SMILES string of the molecule is C#CCOc1cccc(-c2cn([C@]3(C(=O)OC)C[C@H](OC(C)=O)[C@@H](NC(=O)COC(C)=O)[C@H]([C@H](OC(C)=O)[C@@H](CNC(=O)Cc4ccc(-c5ccc(OC(C)=O)cc5)cc4)OC(C)=O)O3)nn2)c1. The summed E-state index contributed by atoms with van der Waals surface area (Å²) in [5.41, 5.74) is 0.413. The summed E-state index contributed by atoms with van der Waals surface area (Å²) in [5, 5.41) is 13.7. The number of methoxy groups -OCH3 is 1. The van der Waals surface area contributed by atoms with Crippen molar-refractivity contribution in [2.45, 2.75) is 83.6 Å². The topological polar surface area (TPSA) is 265 Å². The molecule has 21 heteroatoms. The highest BCUT2D eigenvalue weighted by atomic mass is 16.6. The summed E-state index contributed by atoms with van der Waals surface area (Å²) >= 11 is 0. The van der Waals surface area contributed by atoms with E-state index in [1.54, 1.807) is 72.8 Å². The largest absolute Gasteiger partial charge is 0.481 e. The van der Waals surface area contributed by atoms with Crippen LogP contribution in [-0.2, 0) is 78.9 Å².